The van der Waals surface area contributed by atoms with E-state index in [0.717, 1.165) is 24.8 Å². The van der Waals surface area contributed by atoms with E-state index in [1.165, 1.54) is 18.4 Å². The molecule has 0 aromatic heterocycles. The summed E-state index contributed by atoms with van der Waals surface area (Å²) in [5, 5.41) is 10.5. The highest BCUT2D eigenvalue weighted by Gasteiger charge is 2.36. The molecule has 2 rings (SSSR count). The highest BCUT2D eigenvalue weighted by Crippen LogP contribution is 2.47. The minimum Gasteiger partial charge on any atom is -0.388 e. The molecule has 0 spiro atoms. The molecule has 0 heterocycles. The van der Waals surface area contributed by atoms with Crippen molar-refractivity contribution in [2.45, 2.75) is 52.1 Å². The highest BCUT2D eigenvalue weighted by molar-refractivity contribution is 5.26. The fourth-order valence-corrected chi connectivity index (χ4v) is 2.84. The lowest BCUT2D eigenvalue weighted by Crippen LogP contribution is -2.22. The molecule has 1 aliphatic rings. The van der Waals surface area contributed by atoms with Crippen molar-refractivity contribution in [3.05, 3.63) is 35.4 Å². The Balaban J connectivity index is 2.22. The van der Waals surface area contributed by atoms with E-state index in [1.54, 1.807) is 0 Å². The van der Waals surface area contributed by atoms with Crippen molar-refractivity contribution in [3.8, 4) is 0 Å². The van der Waals surface area contributed by atoms with Crippen LogP contribution in [0.4, 0.5) is 0 Å². The maximum atomic E-state index is 10.5. The summed E-state index contributed by atoms with van der Waals surface area (Å²) in [5.41, 5.74) is 2.52. The molecule has 16 heavy (non-hydrogen) atoms. The molecule has 88 valence electrons. The van der Waals surface area contributed by atoms with Crippen molar-refractivity contribution >= 4 is 0 Å². The van der Waals surface area contributed by atoms with E-state index in [1.807, 2.05) is 0 Å². The number of hydrogen-bond donors (Lipinski definition) is 1. The summed E-state index contributed by atoms with van der Waals surface area (Å²) in [6.45, 7) is 4.38. The minimum absolute atomic E-state index is 0.104. The highest BCUT2D eigenvalue weighted by atomic mass is 16.3. The smallest absolute Gasteiger partial charge is 0.0843 e. The van der Waals surface area contributed by atoms with Crippen molar-refractivity contribution in [2.75, 3.05) is 0 Å². The number of rotatable bonds is 3. The zero-order valence-corrected chi connectivity index (χ0v) is 10.4. The van der Waals surface area contributed by atoms with Crippen molar-refractivity contribution in [1.82, 2.24) is 0 Å². The predicted molar refractivity (Wildman–Crippen MR) is 67.4 cm³/mol. The molecule has 1 unspecified atom stereocenters. The standard InChI is InChI=1S/C15H22O/c1-3-12-7-6-8-13(11-12)14(16)15(2)9-4-5-10-15/h6-8,11,14,16H,3-5,9-10H2,1-2H3. The van der Waals surface area contributed by atoms with Gasteiger partial charge in [0.2, 0.25) is 0 Å². The number of benzene rings is 1. The molecule has 1 N–H and O–H groups in total. The van der Waals surface area contributed by atoms with E-state index in [2.05, 4.69) is 38.1 Å². The lowest BCUT2D eigenvalue weighted by molar-refractivity contribution is 0.0408. The Labute approximate surface area is 98.5 Å². The average Bonchev–Trinajstić information content (AvgIpc) is 2.76. The van der Waals surface area contributed by atoms with Gasteiger partial charge in [-0.25, -0.2) is 0 Å². The number of aryl methyl sites for hydroxylation is 1. The molecular weight excluding hydrogens is 196 g/mol. The van der Waals surface area contributed by atoms with Gasteiger partial charge in [0.15, 0.2) is 0 Å². The quantitative estimate of drug-likeness (QED) is 0.816. The molecule has 0 radical (unpaired) electrons. The van der Waals surface area contributed by atoms with Crippen LogP contribution in [0.5, 0.6) is 0 Å². The van der Waals surface area contributed by atoms with Crippen molar-refractivity contribution in [3.63, 3.8) is 0 Å². The lowest BCUT2D eigenvalue weighted by atomic mass is 9.79. The van der Waals surface area contributed by atoms with Gasteiger partial charge >= 0.3 is 0 Å². The third-order valence-corrected chi connectivity index (χ3v) is 4.08. The first kappa shape index (κ1) is 11.7. The summed E-state index contributed by atoms with van der Waals surface area (Å²) >= 11 is 0. The van der Waals surface area contributed by atoms with Crippen LogP contribution in [-0.2, 0) is 6.42 Å². The third-order valence-electron chi connectivity index (χ3n) is 4.08. The zero-order valence-electron chi connectivity index (χ0n) is 10.4. The van der Waals surface area contributed by atoms with Crippen LogP contribution in [0, 0.1) is 5.41 Å². The van der Waals surface area contributed by atoms with Gasteiger partial charge in [0, 0.05) is 0 Å². The Morgan fingerprint density at radius 3 is 2.62 bits per heavy atom. The SMILES string of the molecule is CCc1cccc(C(O)C2(C)CCCC2)c1. The van der Waals surface area contributed by atoms with E-state index in [9.17, 15) is 5.11 Å². The maximum Gasteiger partial charge on any atom is 0.0843 e. The van der Waals surface area contributed by atoms with Gasteiger partial charge in [-0.3, -0.25) is 0 Å². The Hall–Kier alpha value is -0.820. The van der Waals surface area contributed by atoms with Gasteiger partial charge in [-0.1, -0.05) is 51.0 Å². The van der Waals surface area contributed by atoms with Gasteiger partial charge in [-0.05, 0) is 35.8 Å². The number of aliphatic hydroxyl groups is 1. The van der Waals surface area contributed by atoms with Crippen LogP contribution in [0.15, 0.2) is 24.3 Å². The van der Waals surface area contributed by atoms with Crippen molar-refractivity contribution in [1.29, 1.82) is 0 Å². The molecule has 1 fully saturated rings. The van der Waals surface area contributed by atoms with E-state index in [-0.39, 0.29) is 11.5 Å². The average molecular weight is 218 g/mol. The van der Waals surface area contributed by atoms with Gasteiger partial charge in [0.1, 0.15) is 0 Å². The summed E-state index contributed by atoms with van der Waals surface area (Å²) < 4.78 is 0. The van der Waals surface area contributed by atoms with Gasteiger partial charge in [-0.15, -0.1) is 0 Å². The van der Waals surface area contributed by atoms with Crippen molar-refractivity contribution in [2.24, 2.45) is 5.41 Å². The molecule has 0 bridgehead atoms. The largest absolute Gasteiger partial charge is 0.388 e. The number of hydrogen-bond acceptors (Lipinski definition) is 1. The molecule has 1 aliphatic carbocycles. The van der Waals surface area contributed by atoms with Crippen LogP contribution >= 0.6 is 0 Å². The van der Waals surface area contributed by atoms with E-state index in [0.29, 0.717) is 0 Å². The molecular formula is C15H22O. The minimum atomic E-state index is -0.290. The molecule has 1 aromatic carbocycles. The summed E-state index contributed by atoms with van der Waals surface area (Å²) in [4.78, 5) is 0. The molecule has 0 aliphatic heterocycles. The van der Waals surface area contributed by atoms with Crippen LogP contribution < -0.4 is 0 Å². The summed E-state index contributed by atoms with van der Waals surface area (Å²) in [5.74, 6) is 0. The maximum absolute atomic E-state index is 10.5. The van der Waals surface area contributed by atoms with Gasteiger partial charge in [-0.2, -0.15) is 0 Å². The monoisotopic (exact) mass is 218 g/mol. The fraction of sp³-hybridized carbons (Fsp3) is 0.600. The second-order valence-electron chi connectivity index (χ2n) is 5.36. The molecule has 1 atom stereocenters. The second kappa shape index (κ2) is 4.58. The third kappa shape index (κ3) is 2.15. The molecule has 1 saturated carbocycles. The fourth-order valence-electron chi connectivity index (χ4n) is 2.84. The first-order valence-corrected chi connectivity index (χ1v) is 6.42. The van der Waals surface area contributed by atoms with E-state index >= 15 is 0 Å². The Morgan fingerprint density at radius 2 is 2.00 bits per heavy atom. The molecule has 1 nitrogen and oxygen atoms in total. The van der Waals surface area contributed by atoms with Gasteiger partial charge in [0.25, 0.3) is 0 Å². The Morgan fingerprint density at radius 1 is 1.31 bits per heavy atom. The van der Waals surface area contributed by atoms with Gasteiger partial charge in [0.05, 0.1) is 6.10 Å². The second-order valence-corrected chi connectivity index (χ2v) is 5.36. The van der Waals surface area contributed by atoms with Crippen LogP contribution in [0.3, 0.4) is 0 Å². The van der Waals surface area contributed by atoms with Gasteiger partial charge < -0.3 is 5.11 Å². The summed E-state index contributed by atoms with van der Waals surface area (Å²) in [6, 6.07) is 8.42. The Kier molecular flexibility index (Phi) is 3.34. The molecule has 1 aromatic rings. The first-order chi connectivity index (χ1) is 7.65. The summed E-state index contributed by atoms with van der Waals surface area (Å²) in [6.07, 6.45) is 5.59. The molecule has 0 amide bonds. The van der Waals surface area contributed by atoms with Crippen LogP contribution in [0.2, 0.25) is 0 Å². The van der Waals surface area contributed by atoms with Crippen molar-refractivity contribution < 1.29 is 5.11 Å². The first-order valence-electron chi connectivity index (χ1n) is 6.42. The number of aliphatic hydroxyl groups excluding tert-OH is 1. The predicted octanol–water partition coefficient (Wildman–Crippen LogP) is 3.86. The lowest BCUT2D eigenvalue weighted by Gasteiger charge is -2.30. The molecule has 0 saturated heterocycles. The van der Waals surface area contributed by atoms with Crippen LogP contribution in [0.1, 0.15) is 56.8 Å². The van der Waals surface area contributed by atoms with Crippen LogP contribution in [0.25, 0.3) is 0 Å². The molecule has 1 heteroatoms. The Bertz CT molecular complexity index is 350. The van der Waals surface area contributed by atoms with Crippen LogP contribution in [-0.4, -0.2) is 5.11 Å². The topological polar surface area (TPSA) is 20.2 Å². The van der Waals surface area contributed by atoms with E-state index in [4.69, 9.17) is 0 Å². The normalized spacial score (nSPS) is 20.9. The summed E-state index contributed by atoms with van der Waals surface area (Å²) in [7, 11) is 0. The van der Waals surface area contributed by atoms with E-state index < -0.39 is 0 Å². The zero-order chi connectivity index (χ0) is 11.6.